The van der Waals surface area contributed by atoms with E-state index in [0.717, 1.165) is 13.0 Å². The summed E-state index contributed by atoms with van der Waals surface area (Å²) in [5, 5.41) is 16.7. The van der Waals surface area contributed by atoms with Crippen molar-refractivity contribution in [2.75, 3.05) is 31.5 Å². The Hall–Kier alpha value is -2.64. The minimum atomic E-state index is -0.506. The molecule has 1 fully saturated rings. The van der Waals surface area contributed by atoms with Gasteiger partial charge in [0.1, 0.15) is 5.69 Å². The van der Waals surface area contributed by atoms with E-state index in [9.17, 15) is 19.7 Å². The van der Waals surface area contributed by atoms with Crippen LogP contribution >= 0.6 is 0 Å². The normalized spacial score (nSPS) is 13.9. The lowest BCUT2D eigenvalue weighted by Gasteiger charge is -2.15. The maximum absolute atomic E-state index is 12.1. The van der Waals surface area contributed by atoms with Crippen molar-refractivity contribution in [1.82, 2.24) is 10.2 Å². The second-order valence-electron chi connectivity index (χ2n) is 5.61. The van der Waals surface area contributed by atoms with Gasteiger partial charge in [0.05, 0.1) is 4.92 Å². The van der Waals surface area contributed by atoms with Gasteiger partial charge in [-0.1, -0.05) is 0 Å². The Bertz CT molecular complexity index is 633. The number of likely N-dealkylation sites (tertiary alicyclic amines) is 1. The number of anilines is 1. The zero-order chi connectivity index (χ0) is 17.5. The molecule has 0 saturated carbocycles. The first-order valence-electron chi connectivity index (χ1n) is 8.11. The van der Waals surface area contributed by atoms with Crippen LogP contribution in [0, 0.1) is 10.1 Å². The summed E-state index contributed by atoms with van der Waals surface area (Å²) < 4.78 is 0. The smallest absolute Gasteiger partial charge is 0.293 e. The standard InChI is InChI=1S/C16H22N4O4/c1-2-17-13-7-6-12(11-14(13)20(23)24)16(22)18-8-4-10-19-9-3-5-15(19)21/h6-7,11,17H,2-5,8-10H2,1H3,(H,18,22). The van der Waals surface area contributed by atoms with Crippen LogP contribution in [-0.2, 0) is 4.79 Å². The summed E-state index contributed by atoms with van der Waals surface area (Å²) in [6.45, 7) is 4.23. The fourth-order valence-corrected chi connectivity index (χ4v) is 2.68. The highest BCUT2D eigenvalue weighted by molar-refractivity contribution is 5.95. The average Bonchev–Trinajstić information content (AvgIpc) is 2.97. The van der Waals surface area contributed by atoms with Crippen molar-refractivity contribution in [1.29, 1.82) is 0 Å². The molecule has 0 bridgehead atoms. The van der Waals surface area contributed by atoms with Crippen LogP contribution in [0.3, 0.4) is 0 Å². The summed E-state index contributed by atoms with van der Waals surface area (Å²) >= 11 is 0. The van der Waals surface area contributed by atoms with Crippen LogP contribution in [0.4, 0.5) is 11.4 Å². The fraction of sp³-hybridized carbons (Fsp3) is 0.500. The Morgan fingerprint density at radius 1 is 1.42 bits per heavy atom. The van der Waals surface area contributed by atoms with E-state index in [1.54, 1.807) is 17.0 Å². The van der Waals surface area contributed by atoms with Gasteiger partial charge in [0.15, 0.2) is 0 Å². The number of carbonyl (C=O) groups excluding carboxylic acids is 2. The van der Waals surface area contributed by atoms with Gasteiger partial charge in [0.25, 0.3) is 11.6 Å². The third kappa shape index (κ3) is 4.43. The number of amides is 2. The molecular weight excluding hydrogens is 312 g/mol. The lowest BCUT2D eigenvalue weighted by atomic mass is 10.1. The molecule has 8 heteroatoms. The largest absolute Gasteiger partial charge is 0.380 e. The third-order valence-electron chi connectivity index (χ3n) is 3.89. The van der Waals surface area contributed by atoms with Crippen molar-refractivity contribution in [3.8, 4) is 0 Å². The maximum atomic E-state index is 12.1. The molecule has 0 spiro atoms. The molecule has 1 aromatic carbocycles. The number of rotatable bonds is 8. The summed E-state index contributed by atoms with van der Waals surface area (Å²) in [7, 11) is 0. The van der Waals surface area contributed by atoms with E-state index in [1.165, 1.54) is 6.07 Å². The monoisotopic (exact) mass is 334 g/mol. The number of carbonyl (C=O) groups is 2. The molecule has 1 aliphatic heterocycles. The molecule has 2 N–H and O–H groups in total. The van der Waals surface area contributed by atoms with E-state index in [-0.39, 0.29) is 23.1 Å². The van der Waals surface area contributed by atoms with Crippen LogP contribution in [0.2, 0.25) is 0 Å². The Labute approximate surface area is 140 Å². The van der Waals surface area contributed by atoms with E-state index < -0.39 is 4.92 Å². The quantitative estimate of drug-likeness (QED) is 0.428. The van der Waals surface area contributed by atoms with Gasteiger partial charge in [0, 0.05) is 44.2 Å². The topological polar surface area (TPSA) is 105 Å². The molecule has 0 unspecified atom stereocenters. The summed E-state index contributed by atoms with van der Waals surface area (Å²) in [4.78, 5) is 36.0. The Kier molecular flexibility index (Phi) is 6.11. The highest BCUT2D eigenvalue weighted by Crippen LogP contribution is 2.25. The second-order valence-corrected chi connectivity index (χ2v) is 5.61. The summed E-state index contributed by atoms with van der Waals surface area (Å²) in [5.41, 5.74) is 0.527. The van der Waals surface area contributed by atoms with Gasteiger partial charge in [-0.2, -0.15) is 0 Å². The molecule has 1 aromatic rings. The van der Waals surface area contributed by atoms with Gasteiger partial charge < -0.3 is 15.5 Å². The Morgan fingerprint density at radius 2 is 2.21 bits per heavy atom. The lowest BCUT2D eigenvalue weighted by Crippen LogP contribution is -2.30. The van der Waals surface area contributed by atoms with Crippen molar-refractivity contribution >= 4 is 23.2 Å². The molecule has 24 heavy (non-hydrogen) atoms. The summed E-state index contributed by atoms with van der Waals surface area (Å²) in [6.07, 6.45) is 2.16. The van der Waals surface area contributed by atoms with Crippen LogP contribution in [0.1, 0.15) is 36.5 Å². The number of hydrogen-bond acceptors (Lipinski definition) is 5. The van der Waals surface area contributed by atoms with Crippen molar-refractivity contribution in [2.24, 2.45) is 0 Å². The van der Waals surface area contributed by atoms with Crippen molar-refractivity contribution < 1.29 is 14.5 Å². The number of nitro benzene ring substituents is 1. The lowest BCUT2D eigenvalue weighted by molar-refractivity contribution is -0.384. The van der Waals surface area contributed by atoms with Crippen molar-refractivity contribution in [3.63, 3.8) is 0 Å². The fourth-order valence-electron chi connectivity index (χ4n) is 2.68. The predicted molar refractivity (Wildman–Crippen MR) is 90.0 cm³/mol. The van der Waals surface area contributed by atoms with Gasteiger partial charge >= 0.3 is 0 Å². The van der Waals surface area contributed by atoms with Crippen molar-refractivity contribution in [2.45, 2.75) is 26.2 Å². The van der Waals surface area contributed by atoms with Gasteiger partial charge in [-0.3, -0.25) is 19.7 Å². The molecule has 1 saturated heterocycles. The van der Waals surface area contributed by atoms with Crippen LogP contribution in [0.15, 0.2) is 18.2 Å². The minimum absolute atomic E-state index is 0.118. The number of hydrogen-bond donors (Lipinski definition) is 2. The highest BCUT2D eigenvalue weighted by atomic mass is 16.6. The van der Waals surface area contributed by atoms with E-state index in [4.69, 9.17) is 0 Å². The number of nitrogens with one attached hydrogen (secondary N) is 2. The summed E-state index contributed by atoms with van der Waals surface area (Å²) in [6, 6.07) is 4.38. The molecule has 0 aliphatic carbocycles. The number of nitro groups is 1. The maximum Gasteiger partial charge on any atom is 0.293 e. The van der Waals surface area contributed by atoms with Crippen LogP contribution < -0.4 is 10.6 Å². The second kappa shape index (κ2) is 8.28. The molecule has 130 valence electrons. The van der Waals surface area contributed by atoms with E-state index >= 15 is 0 Å². The van der Waals surface area contributed by atoms with Gasteiger partial charge in [0.2, 0.25) is 5.91 Å². The molecule has 1 heterocycles. The van der Waals surface area contributed by atoms with Crippen LogP contribution in [0.25, 0.3) is 0 Å². The van der Waals surface area contributed by atoms with Gasteiger partial charge in [-0.05, 0) is 31.9 Å². The first-order valence-corrected chi connectivity index (χ1v) is 8.11. The zero-order valence-electron chi connectivity index (χ0n) is 13.7. The van der Waals surface area contributed by atoms with E-state index in [1.807, 2.05) is 6.92 Å². The Balaban J connectivity index is 1.88. The highest BCUT2D eigenvalue weighted by Gasteiger charge is 2.20. The minimum Gasteiger partial charge on any atom is -0.380 e. The predicted octanol–water partition coefficient (Wildman–Crippen LogP) is 1.77. The SMILES string of the molecule is CCNc1ccc(C(=O)NCCCN2CCCC2=O)cc1[N+](=O)[O-]. The molecule has 8 nitrogen and oxygen atoms in total. The molecule has 2 amide bonds. The molecule has 1 aliphatic rings. The third-order valence-corrected chi connectivity index (χ3v) is 3.89. The first kappa shape index (κ1) is 17.7. The Morgan fingerprint density at radius 3 is 2.83 bits per heavy atom. The average molecular weight is 334 g/mol. The molecule has 0 aromatic heterocycles. The zero-order valence-corrected chi connectivity index (χ0v) is 13.7. The molecular formula is C16H22N4O4. The van der Waals surface area contributed by atoms with E-state index in [0.29, 0.717) is 38.2 Å². The summed E-state index contributed by atoms with van der Waals surface area (Å²) in [5.74, 6) is -0.190. The van der Waals surface area contributed by atoms with Gasteiger partial charge in [-0.25, -0.2) is 0 Å². The molecule has 0 atom stereocenters. The van der Waals surface area contributed by atoms with Gasteiger partial charge in [-0.15, -0.1) is 0 Å². The number of nitrogens with zero attached hydrogens (tertiary/aromatic N) is 2. The molecule has 0 radical (unpaired) electrons. The van der Waals surface area contributed by atoms with Crippen molar-refractivity contribution in [3.05, 3.63) is 33.9 Å². The van der Waals surface area contributed by atoms with E-state index in [2.05, 4.69) is 10.6 Å². The molecule has 2 rings (SSSR count). The van der Waals surface area contributed by atoms with Crippen LogP contribution in [-0.4, -0.2) is 47.8 Å². The first-order chi connectivity index (χ1) is 11.5. The number of benzene rings is 1. The van der Waals surface area contributed by atoms with Crippen LogP contribution in [0.5, 0.6) is 0 Å².